The van der Waals surface area contributed by atoms with Crippen LogP contribution in [-0.4, -0.2) is 79.4 Å². The Kier molecular flexibility index (Phi) is 7.07. The Morgan fingerprint density at radius 3 is 2.67 bits per heavy atom. The smallest absolute Gasteiger partial charge is 0.322 e. The Bertz CT molecular complexity index is 1610. The second-order valence-electron chi connectivity index (χ2n) is 10.9. The van der Waals surface area contributed by atoms with E-state index in [1.54, 1.807) is 29.2 Å². The molecule has 15 heteroatoms. The summed E-state index contributed by atoms with van der Waals surface area (Å²) in [6.07, 6.45) is 1.26. The summed E-state index contributed by atoms with van der Waals surface area (Å²) in [5, 5.41) is 9.93. The third-order valence-electron chi connectivity index (χ3n) is 7.86. The van der Waals surface area contributed by atoms with Crippen molar-refractivity contribution in [2.24, 2.45) is 11.7 Å². The first-order valence-corrected chi connectivity index (χ1v) is 14.3. The first kappa shape index (κ1) is 28.0. The van der Waals surface area contributed by atoms with Crippen LogP contribution in [0.1, 0.15) is 36.2 Å². The third kappa shape index (κ3) is 5.52. The number of carbonyl (C=O) groups excluding carboxylic acids is 4. The van der Waals surface area contributed by atoms with E-state index < -0.39 is 30.4 Å². The van der Waals surface area contributed by atoms with Gasteiger partial charge in [-0.05, 0) is 71.4 Å². The van der Waals surface area contributed by atoms with Gasteiger partial charge in [-0.25, -0.2) is 18.6 Å². The maximum Gasteiger partial charge on any atom is 0.322 e. The molecule has 4 heterocycles. The molecule has 2 aromatic heterocycles. The molecule has 42 heavy (non-hydrogen) atoms. The predicted molar refractivity (Wildman–Crippen MR) is 151 cm³/mol. The molecule has 3 aliphatic rings. The number of aromatic nitrogens is 3. The molecule has 1 saturated carbocycles. The lowest BCUT2D eigenvalue weighted by atomic mass is 10.1. The van der Waals surface area contributed by atoms with Gasteiger partial charge in [0.05, 0.1) is 12.1 Å². The van der Waals surface area contributed by atoms with E-state index in [1.165, 1.54) is 16.8 Å². The molecular formula is C27H27BrF2N8O4. The zero-order valence-electron chi connectivity index (χ0n) is 22.2. The van der Waals surface area contributed by atoms with Gasteiger partial charge in [-0.2, -0.15) is 5.10 Å². The Hall–Kier alpha value is -4.14. The molecular weight excluding hydrogens is 618 g/mol. The van der Waals surface area contributed by atoms with Crippen molar-refractivity contribution in [1.29, 1.82) is 0 Å². The van der Waals surface area contributed by atoms with Crippen LogP contribution in [0.15, 0.2) is 41.0 Å². The van der Waals surface area contributed by atoms with Crippen LogP contribution in [0.3, 0.4) is 0 Å². The maximum atomic E-state index is 13.8. The summed E-state index contributed by atoms with van der Waals surface area (Å²) in [4.78, 5) is 58.4. The van der Waals surface area contributed by atoms with Gasteiger partial charge >= 0.3 is 6.03 Å². The Morgan fingerprint density at radius 1 is 1.12 bits per heavy atom. The Morgan fingerprint density at radius 2 is 1.93 bits per heavy atom. The molecule has 3 atom stereocenters. The van der Waals surface area contributed by atoms with Crippen LogP contribution in [0.25, 0.3) is 10.9 Å². The first-order chi connectivity index (χ1) is 20.0. The number of fused-ring (bicyclic) bond motifs is 2. The molecule has 2 unspecified atom stereocenters. The second kappa shape index (κ2) is 10.6. The van der Waals surface area contributed by atoms with Crippen LogP contribution < -0.4 is 16.4 Å². The number of halogens is 3. The number of rotatable bonds is 6. The van der Waals surface area contributed by atoms with Crippen molar-refractivity contribution in [3.63, 3.8) is 0 Å². The molecule has 2 saturated heterocycles. The summed E-state index contributed by atoms with van der Waals surface area (Å²) >= 11 is 3.27. The number of nitrogens with zero attached hydrogens (tertiary/aromatic N) is 5. The SMILES string of the molecule is NC(=O)c1nn(CC(=O)N2C3CC3C[C@H]2C(=O)Nc2cccc(Br)n2)c2ccc(NC(=O)N3CCCC(F)(F)C3)cc12. The molecule has 4 N–H and O–H groups in total. The average molecular weight is 645 g/mol. The Balaban J connectivity index is 1.20. The number of anilines is 2. The number of hydrogen-bond acceptors (Lipinski definition) is 6. The number of hydrogen-bond donors (Lipinski definition) is 3. The topological polar surface area (TPSA) is 156 Å². The van der Waals surface area contributed by atoms with Crippen molar-refractivity contribution in [3.05, 3.63) is 46.7 Å². The van der Waals surface area contributed by atoms with Crippen LogP contribution in [0.2, 0.25) is 0 Å². The van der Waals surface area contributed by atoms with E-state index in [-0.39, 0.29) is 66.5 Å². The van der Waals surface area contributed by atoms with E-state index in [2.05, 4.69) is 36.6 Å². The highest BCUT2D eigenvalue weighted by Crippen LogP contribution is 2.48. The van der Waals surface area contributed by atoms with Crippen molar-refractivity contribution in [2.45, 2.75) is 50.2 Å². The number of carbonyl (C=O) groups is 4. The zero-order chi connectivity index (χ0) is 29.8. The second-order valence-corrected chi connectivity index (χ2v) is 11.7. The fourth-order valence-electron chi connectivity index (χ4n) is 5.85. The van der Waals surface area contributed by atoms with Crippen LogP contribution in [-0.2, 0) is 16.1 Å². The fraction of sp³-hybridized carbons (Fsp3) is 0.407. The molecule has 3 fully saturated rings. The molecule has 220 valence electrons. The highest BCUT2D eigenvalue weighted by molar-refractivity contribution is 9.10. The van der Waals surface area contributed by atoms with Gasteiger partial charge in [-0.1, -0.05) is 6.07 Å². The van der Waals surface area contributed by atoms with Gasteiger partial charge in [0.1, 0.15) is 23.0 Å². The van der Waals surface area contributed by atoms with E-state index >= 15 is 0 Å². The lowest BCUT2D eigenvalue weighted by Crippen LogP contribution is -2.47. The van der Waals surface area contributed by atoms with Crippen molar-refractivity contribution in [1.82, 2.24) is 24.6 Å². The van der Waals surface area contributed by atoms with Gasteiger partial charge in [0.25, 0.3) is 11.8 Å². The number of nitrogens with one attached hydrogen (secondary N) is 2. The summed E-state index contributed by atoms with van der Waals surface area (Å²) in [5.41, 5.74) is 6.12. The minimum absolute atomic E-state index is 0.0508. The number of piperidine rings is 2. The maximum absolute atomic E-state index is 13.8. The van der Waals surface area contributed by atoms with Gasteiger partial charge in [0.15, 0.2) is 5.69 Å². The highest BCUT2D eigenvalue weighted by atomic mass is 79.9. The molecule has 2 aliphatic heterocycles. The summed E-state index contributed by atoms with van der Waals surface area (Å²) in [6, 6.07) is 8.28. The normalized spacial score (nSPS) is 22.5. The van der Waals surface area contributed by atoms with Gasteiger partial charge in [0, 0.05) is 30.1 Å². The summed E-state index contributed by atoms with van der Waals surface area (Å²) in [5.74, 6) is -3.86. The summed E-state index contributed by atoms with van der Waals surface area (Å²) in [6.45, 7) is -0.724. The quantitative estimate of drug-likeness (QED) is 0.350. The van der Waals surface area contributed by atoms with Crippen molar-refractivity contribution in [3.8, 4) is 0 Å². The van der Waals surface area contributed by atoms with E-state index in [9.17, 15) is 28.0 Å². The number of pyridine rings is 1. The van der Waals surface area contributed by atoms with E-state index in [0.717, 1.165) is 11.3 Å². The number of alkyl halides is 2. The van der Waals surface area contributed by atoms with Gasteiger partial charge in [0.2, 0.25) is 11.8 Å². The van der Waals surface area contributed by atoms with Crippen LogP contribution in [0.5, 0.6) is 0 Å². The Labute approximate surface area is 246 Å². The number of benzene rings is 1. The van der Waals surface area contributed by atoms with Crippen LogP contribution in [0.4, 0.5) is 25.1 Å². The van der Waals surface area contributed by atoms with E-state index in [4.69, 9.17) is 5.73 Å². The number of likely N-dealkylation sites (tertiary alicyclic amines) is 2. The molecule has 1 aromatic carbocycles. The monoisotopic (exact) mass is 644 g/mol. The lowest BCUT2D eigenvalue weighted by Gasteiger charge is -2.32. The van der Waals surface area contributed by atoms with Crippen molar-refractivity contribution < 1.29 is 28.0 Å². The van der Waals surface area contributed by atoms with E-state index in [0.29, 0.717) is 22.4 Å². The predicted octanol–water partition coefficient (Wildman–Crippen LogP) is 3.18. The largest absolute Gasteiger partial charge is 0.364 e. The number of nitrogens with two attached hydrogens (primary N) is 1. The number of amides is 5. The van der Waals surface area contributed by atoms with Crippen LogP contribution in [0, 0.1) is 5.92 Å². The molecule has 12 nitrogen and oxygen atoms in total. The fourth-order valence-corrected chi connectivity index (χ4v) is 6.19. The van der Waals surface area contributed by atoms with Gasteiger partial charge < -0.3 is 26.2 Å². The minimum Gasteiger partial charge on any atom is -0.364 e. The molecule has 1 aliphatic carbocycles. The lowest BCUT2D eigenvalue weighted by molar-refractivity contribution is -0.138. The van der Waals surface area contributed by atoms with Gasteiger partial charge in [-0.3, -0.25) is 19.1 Å². The highest BCUT2D eigenvalue weighted by Gasteiger charge is 2.56. The molecule has 3 aromatic rings. The summed E-state index contributed by atoms with van der Waals surface area (Å²) in [7, 11) is 0. The van der Waals surface area contributed by atoms with Gasteiger partial charge in [-0.15, -0.1) is 0 Å². The van der Waals surface area contributed by atoms with Crippen LogP contribution >= 0.6 is 15.9 Å². The molecule has 6 rings (SSSR count). The van der Waals surface area contributed by atoms with Crippen molar-refractivity contribution >= 4 is 62.1 Å². The van der Waals surface area contributed by atoms with Crippen molar-refractivity contribution in [2.75, 3.05) is 23.7 Å². The minimum atomic E-state index is -2.95. The average Bonchev–Trinajstić information content (AvgIpc) is 3.43. The molecule has 0 spiro atoms. The van der Waals surface area contributed by atoms with E-state index in [1.807, 2.05) is 0 Å². The molecule has 5 amide bonds. The first-order valence-electron chi connectivity index (χ1n) is 13.5. The molecule has 0 radical (unpaired) electrons. The standard InChI is InChI=1S/C27H27BrF2N8O4/c28-20-3-1-4-21(33-20)34-25(41)19-10-14-9-18(14)38(19)22(39)12-37-17-6-5-15(11-16(17)23(35-37)24(31)40)32-26(42)36-8-2-7-27(29,30)13-36/h1,3-6,11,14,18-19H,2,7-10,12-13H2,(H2,31,40)(H,32,42)(H,33,34,41)/t14?,18?,19-/m0/s1. The summed E-state index contributed by atoms with van der Waals surface area (Å²) < 4.78 is 29.5. The number of urea groups is 1. The molecule has 0 bridgehead atoms. The number of primary amides is 1. The zero-order valence-corrected chi connectivity index (χ0v) is 23.8. The third-order valence-corrected chi connectivity index (χ3v) is 8.30.